The van der Waals surface area contributed by atoms with E-state index in [0.29, 0.717) is 0 Å². The predicted molar refractivity (Wildman–Crippen MR) is 14.8 cm³/mol. The second-order valence-corrected chi connectivity index (χ2v) is 0. The van der Waals surface area contributed by atoms with Gasteiger partial charge in [0.05, 0.1) is 0 Å². The zero-order chi connectivity index (χ0) is 2.00. The molecule has 0 saturated heterocycles. The van der Waals surface area contributed by atoms with Gasteiger partial charge in [-0.1, -0.05) is 0 Å². The van der Waals surface area contributed by atoms with Crippen molar-refractivity contribution in [2.75, 3.05) is 0 Å². The van der Waals surface area contributed by atoms with Crippen LogP contribution in [0.25, 0.3) is 0 Å². The average Bonchev–Trinajstić information content (AvgIpc) is 1.00. The van der Waals surface area contributed by atoms with Crippen molar-refractivity contribution in [3.8, 4) is 0 Å². The van der Waals surface area contributed by atoms with Gasteiger partial charge in [-0.2, -0.15) is 0 Å². The van der Waals surface area contributed by atoms with E-state index in [-0.39, 0.29) is 43.3 Å². The topological polar surface area (TPSA) is 17.1 Å². The van der Waals surface area contributed by atoms with Crippen LogP contribution in [0, 0.1) is 0 Å². The molecule has 0 aromatic carbocycles. The molecule has 0 saturated carbocycles. The molecule has 0 N–H and O–H groups in total. The summed E-state index contributed by atoms with van der Waals surface area (Å²) in [5.41, 5.74) is 0. The molecule has 4 heavy (non-hydrogen) atoms. The third kappa shape index (κ3) is 9.72. The first-order chi connectivity index (χ1) is 1.00. The molecule has 0 spiro atoms. The Bertz CT molecular complexity index is 8.00. The molecule has 3 radical (unpaired) electrons. The van der Waals surface area contributed by atoms with Crippen molar-refractivity contribution in [1.29, 1.82) is 0 Å². The summed E-state index contributed by atoms with van der Waals surface area (Å²) >= 11 is 0. The summed E-state index contributed by atoms with van der Waals surface area (Å²) in [6.45, 7) is 0. The third-order valence-electron chi connectivity index (χ3n) is 0. The van der Waals surface area contributed by atoms with E-state index in [1.807, 2.05) is 0 Å². The Morgan fingerprint density at radius 2 is 1.25 bits per heavy atom. The molecule has 0 unspecified atom stereocenters. The molecule has 0 aromatic rings. The molecule has 0 aliphatic carbocycles. The minimum Gasteiger partial charge on any atom is -0.279 e. The minimum atomic E-state index is 0. The zero-order valence-corrected chi connectivity index (χ0v) is 7.29. The Morgan fingerprint density at radius 3 is 1.25 bits per heavy atom. The third-order valence-corrected chi connectivity index (χ3v) is 0. The first kappa shape index (κ1) is 17.8. The fraction of sp³-hybridized carbons (Fsp3) is 0. The predicted octanol–water partition coefficient (Wildman–Crippen LogP) is 0.0914. The van der Waals surface area contributed by atoms with E-state index in [1.54, 1.807) is 9.12 Å². The van der Waals surface area contributed by atoms with Crippen molar-refractivity contribution in [2.24, 2.45) is 0 Å². The molecule has 25 valence electrons. The van der Waals surface area contributed by atoms with Crippen LogP contribution in [0.4, 0.5) is 0 Å². The van der Waals surface area contributed by atoms with Gasteiger partial charge in [0.25, 0.3) is 0 Å². The Balaban J connectivity index is -0.00000000500. The normalized spacial score (nSPS) is 1.00. The number of rotatable bonds is 0. The number of hydrogen-bond acceptors (Lipinski definition) is 1. The molecule has 0 atom stereocenters. The summed E-state index contributed by atoms with van der Waals surface area (Å²) in [6, 6.07) is 0. The van der Waals surface area contributed by atoms with E-state index in [2.05, 4.69) is 0 Å². The molecule has 0 heterocycles. The fourth-order valence-electron chi connectivity index (χ4n) is 0. The Kier molecular flexibility index (Phi) is 109. The van der Waals surface area contributed by atoms with Gasteiger partial charge in [0.1, 0.15) is 9.12 Å². The molecule has 4 heteroatoms. The van der Waals surface area contributed by atoms with Crippen LogP contribution in [0.5, 0.6) is 0 Å². The van der Waals surface area contributed by atoms with Gasteiger partial charge in [-0.15, -0.1) is 0 Å². The van der Waals surface area contributed by atoms with Gasteiger partial charge in [-0.05, 0) is 0 Å². The molecule has 0 amide bonds. The van der Waals surface area contributed by atoms with E-state index in [1.165, 1.54) is 0 Å². The SMILES string of the molecule is O=P.[Bi].[Fe]. The monoisotopic (exact) mass is 313 g/mol. The Labute approximate surface area is 56.8 Å². The van der Waals surface area contributed by atoms with Crippen molar-refractivity contribution in [1.82, 2.24) is 0 Å². The zero-order valence-electron chi connectivity index (χ0n) is 1.71. The van der Waals surface area contributed by atoms with Gasteiger partial charge >= 0.3 is 0 Å². The number of hydrogen-bond donors (Lipinski definition) is 0. The second kappa shape index (κ2) is 24.5. The van der Waals surface area contributed by atoms with Gasteiger partial charge < -0.3 is 0 Å². The van der Waals surface area contributed by atoms with Crippen molar-refractivity contribution in [3.05, 3.63) is 0 Å². The van der Waals surface area contributed by atoms with Crippen LogP contribution in [0.15, 0.2) is 0 Å². The van der Waals surface area contributed by atoms with E-state index < -0.39 is 0 Å². The molecular formula is HBiFeOP. The maximum atomic E-state index is 8.06. The van der Waals surface area contributed by atoms with Gasteiger partial charge in [-0.25, -0.2) is 0 Å². The van der Waals surface area contributed by atoms with Crippen LogP contribution in [0.3, 0.4) is 0 Å². The summed E-state index contributed by atoms with van der Waals surface area (Å²) in [4.78, 5) is 0. The molecule has 1 nitrogen and oxygen atoms in total. The summed E-state index contributed by atoms with van der Waals surface area (Å²) in [7, 11) is 1.72. The summed E-state index contributed by atoms with van der Waals surface area (Å²) in [6.07, 6.45) is 0. The fourth-order valence-corrected chi connectivity index (χ4v) is 0. The molecular weight excluding hydrogens is 312 g/mol. The van der Waals surface area contributed by atoms with Gasteiger partial charge in [0.2, 0.25) is 0 Å². The van der Waals surface area contributed by atoms with Crippen LogP contribution in [-0.4, -0.2) is 26.2 Å². The van der Waals surface area contributed by atoms with Gasteiger partial charge in [-0.3, -0.25) is 4.57 Å². The van der Waals surface area contributed by atoms with E-state index in [9.17, 15) is 0 Å². The molecule has 0 aliphatic heterocycles. The summed E-state index contributed by atoms with van der Waals surface area (Å²) < 4.78 is 8.06. The van der Waals surface area contributed by atoms with E-state index in [0.717, 1.165) is 0 Å². The van der Waals surface area contributed by atoms with Crippen LogP contribution in [-0.2, 0) is 21.6 Å². The van der Waals surface area contributed by atoms with Crippen molar-refractivity contribution in [2.45, 2.75) is 0 Å². The maximum absolute atomic E-state index is 8.06. The quantitative estimate of drug-likeness (QED) is 0.458. The molecule has 0 aliphatic rings. The standard InChI is InChI=1S/Bi.Fe.HOP/c;;1-2/h;;2H. The van der Waals surface area contributed by atoms with Gasteiger partial charge in [0, 0.05) is 43.3 Å². The van der Waals surface area contributed by atoms with Crippen LogP contribution >= 0.6 is 9.12 Å². The molecule has 0 aromatic heterocycles. The van der Waals surface area contributed by atoms with E-state index >= 15 is 0 Å². The molecule has 0 bridgehead atoms. The second-order valence-electron chi connectivity index (χ2n) is 0. The minimum absolute atomic E-state index is 0. The smallest absolute Gasteiger partial charge is 0.138 e. The van der Waals surface area contributed by atoms with Crippen molar-refractivity contribution < 1.29 is 21.6 Å². The van der Waals surface area contributed by atoms with Crippen molar-refractivity contribution >= 4 is 35.3 Å². The maximum Gasteiger partial charge on any atom is 0.138 e. The Morgan fingerprint density at radius 1 is 1.25 bits per heavy atom. The van der Waals surface area contributed by atoms with E-state index in [4.69, 9.17) is 4.57 Å². The Hall–Kier alpha value is 1.50. The summed E-state index contributed by atoms with van der Waals surface area (Å²) in [5, 5.41) is 0. The first-order valence-corrected chi connectivity index (χ1v) is 0.612. The van der Waals surface area contributed by atoms with Gasteiger partial charge in [0.15, 0.2) is 0 Å². The van der Waals surface area contributed by atoms with Crippen LogP contribution in [0.1, 0.15) is 0 Å². The average molecular weight is 313 g/mol. The largest absolute Gasteiger partial charge is 0.279 e. The van der Waals surface area contributed by atoms with Crippen LogP contribution < -0.4 is 0 Å². The van der Waals surface area contributed by atoms with Crippen molar-refractivity contribution in [3.63, 3.8) is 0 Å². The molecule has 0 fully saturated rings. The van der Waals surface area contributed by atoms with Crippen LogP contribution in [0.2, 0.25) is 0 Å². The summed E-state index contributed by atoms with van der Waals surface area (Å²) in [5.74, 6) is 0. The first-order valence-electron chi connectivity index (χ1n) is 0.204. The molecule has 0 rings (SSSR count).